The monoisotopic (exact) mass is 1540 g/mol. The predicted molar refractivity (Wildman–Crippen MR) is 419 cm³/mol. The number of fused-ring (bicyclic) bond motifs is 20. The van der Waals surface area contributed by atoms with Crippen molar-refractivity contribution in [1.82, 2.24) is 72.8 Å². The first kappa shape index (κ1) is 72.8. The highest BCUT2D eigenvalue weighted by atomic mass is 35.5. The van der Waals surface area contributed by atoms with Crippen molar-refractivity contribution in [2.24, 2.45) is 0 Å². The second kappa shape index (κ2) is 31.0. The van der Waals surface area contributed by atoms with Gasteiger partial charge in [0.1, 0.15) is 28.3 Å². The van der Waals surface area contributed by atoms with Crippen molar-refractivity contribution in [2.45, 2.75) is 166 Å². The van der Waals surface area contributed by atoms with E-state index in [2.05, 4.69) is 89.0 Å². The van der Waals surface area contributed by atoms with E-state index in [1.54, 1.807) is 31.9 Å². The Morgan fingerprint density at radius 1 is 0.444 bits per heavy atom. The molecule has 4 fully saturated rings. The number of aryl methyl sites for hydroxylation is 7. The molecule has 4 saturated heterocycles. The highest BCUT2D eigenvalue weighted by Gasteiger charge is 2.41. The standard InChI is InChI=1S/C22H25N3O.C21H20ClF3N4.C21H23ClN4O.C20H20Cl2N4/c1-15-12-17-21-18-8-5-10-24(18)11-9-19(21)25(22(17)23-13-15)14-20(26)16-6-3-2-4-7-16;22-14-10-15-19-16-2-1-7-28(16)8-6-17(19)29(20(15)27-12-14)9-5-13-3-4-18(26-11-13)21(23,24)25;1-27-19-5-4-14(12-23-19)6-10-26-18-7-9-25-8-2-3-17(25)20(18)16-11-15(22)13-24-21(16)26;21-13-3-4-15(23-11-13)5-9-26-18-6-8-25-7-1-2-17(25)19(18)16-10-14(22)12-24-20(16)26/h2-4,6-7,12-13,18,20,26H,5,8-11,14H2,1H3;3-4,10-12,16H,1-2,5-9H2;4-5,11-13,17H,2-3,6-10H2,1H3;3-4,10-12,17H,1-2,5-9H2. The first-order chi connectivity index (χ1) is 52.6. The molecular weight excluding hydrogens is 1450 g/mol. The summed E-state index contributed by atoms with van der Waals surface area (Å²) in [5.41, 5.74) is 19.7. The lowest BCUT2D eigenvalue weighted by Gasteiger charge is -2.31. The molecular formula is C84H88Cl4F3N15O2. The summed E-state index contributed by atoms with van der Waals surface area (Å²) in [6.07, 6.45) is 23.6. The number of aliphatic hydroxyl groups is 1. The molecule has 0 amide bonds. The maximum atomic E-state index is 12.7. The van der Waals surface area contributed by atoms with Crippen LogP contribution in [-0.2, 0) is 77.3 Å². The summed E-state index contributed by atoms with van der Waals surface area (Å²) >= 11 is 24.8. The molecule has 0 saturated carbocycles. The lowest BCUT2D eigenvalue weighted by atomic mass is 9.96. The fraction of sp³-hybridized carbons (Fsp3) is 0.417. The molecule has 5 atom stereocenters. The van der Waals surface area contributed by atoms with Crippen molar-refractivity contribution in [2.75, 3.05) is 59.5 Å². The van der Waals surface area contributed by atoms with E-state index in [-0.39, 0.29) is 0 Å². The van der Waals surface area contributed by atoms with E-state index in [0.717, 1.165) is 147 Å². The zero-order chi connectivity index (χ0) is 73.9. The summed E-state index contributed by atoms with van der Waals surface area (Å²) in [5.74, 6) is 0.653. The molecule has 0 spiro atoms. The summed E-state index contributed by atoms with van der Waals surface area (Å²) in [6.45, 7) is 14.3. The Balaban J connectivity index is 0.000000106. The number of hydrogen-bond acceptors (Lipinski definition) is 13. The van der Waals surface area contributed by atoms with Crippen LogP contribution in [0, 0.1) is 6.92 Å². The third-order valence-corrected chi connectivity index (χ3v) is 24.7. The molecule has 1 N–H and O–H groups in total. The van der Waals surface area contributed by atoms with Crippen LogP contribution in [0.3, 0.4) is 0 Å². The average Bonchev–Trinajstić information content (AvgIpc) is 1.61. The lowest BCUT2D eigenvalue weighted by molar-refractivity contribution is -0.141. The van der Waals surface area contributed by atoms with E-state index < -0.39 is 18.0 Å². The summed E-state index contributed by atoms with van der Waals surface area (Å²) in [4.78, 5) is 41.6. The minimum Gasteiger partial charge on any atom is -0.481 e. The molecule has 12 aromatic rings. The van der Waals surface area contributed by atoms with Gasteiger partial charge in [0.05, 0.1) is 39.8 Å². The Kier molecular flexibility index (Phi) is 20.9. The summed E-state index contributed by atoms with van der Waals surface area (Å²) < 4.78 is 52.7. The van der Waals surface area contributed by atoms with Crippen molar-refractivity contribution < 1.29 is 23.0 Å². The minimum absolute atomic E-state index is 0.413. The van der Waals surface area contributed by atoms with Crippen LogP contribution in [0.1, 0.15) is 160 Å². The number of aromatic nitrogens is 11. The molecule has 1 aromatic carbocycles. The lowest BCUT2D eigenvalue weighted by Crippen LogP contribution is -2.31. The molecule has 0 bridgehead atoms. The van der Waals surface area contributed by atoms with Gasteiger partial charge in [-0.3, -0.25) is 29.6 Å². The first-order valence-electron chi connectivity index (χ1n) is 38.4. The van der Waals surface area contributed by atoms with Gasteiger partial charge in [-0.1, -0.05) is 88.9 Å². The van der Waals surface area contributed by atoms with Gasteiger partial charge in [0, 0.05) is 202 Å². The van der Waals surface area contributed by atoms with E-state index in [0.29, 0.717) is 64.6 Å². The van der Waals surface area contributed by atoms with Crippen LogP contribution in [0.25, 0.3) is 44.1 Å². The minimum atomic E-state index is -4.41. The van der Waals surface area contributed by atoms with Gasteiger partial charge in [-0.05, 0) is 184 Å². The number of methoxy groups -OCH3 is 1. The molecule has 5 unspecified atom stereocenters. The number of ether oxygens (including phenoxy) is 1. The number of benzene rings is 1. The van der Waals surface area contributed by atoms with Crippen LogP contribution in [0.5, 0.6) is 5.88 Å². The van der Waals surface area contributed by atoms with Gasteiger partial charge >= 0.3 is 6.18 Å². The van der Waals surface area contributed by atoms with E-state index in [1.165, 1.54) is 149 Å². The SMILES string of the molecule is COc1ccc(CCn2c3c(c4cc(Cl)cnc42)C2CCCN2CC3)cn1.Cc1cnc2c(c1)c1c(n2CC(O)c2ccccc2)CCN2CCCC12.Clc1ccc(CCn2c3c(c4cc(Cl)cnc42)C2CCCN2CC3)nc1.FC(F)(F)c1ccc(CCn2c3c(c4cc(Cl)cnc42)C2CCCN2CC3)cn1. The Morgan fingerprint density at radius 2 is 0.861 bits per heavy atom. The summed E-state index contributed by atoms with van der Waals surface area (Å²) in [6, 6.07) is 30.9. The number of rotatable bonds is 13. The Labute approximate surface area is 646 Å². The van der Waals surface area contributed by atoms with Gasteiger partial charge in [0.15, 0.2) is 0 Å². The van der Waals surface area contributed by atoms with Crippen molar-refractivity contribution >= 4 is 90.5 Å². The summed E-state index contributed by atoms with van der Waals surface area (Å²) in [5, 5.41) is 18.4. The third kappa shape index (κ3) is 14.4. The van der Waals surface area contributed by atoms with E-state index in [9.17, 15) is 18.3 Å². The maximum absolute atomic E-state index is 12.7. The zero-order valence-electron chi connectivity index (χ0n) is 60.9. The number of pyridine rings is 7. The van der Waals surface area contributed by atoms with Gasteiger partial charge in [-0.15, -0.1) is 0 Å². The molecule has 0 radical (unpaired) electrons. The van der Waals surface area contributed by atoms with E-state index in [4.69, 9.17) is 66.1 Å². The first-order valence-corrected chi connectivity index (χ1v) is 39.9. The zero-order valence-corrected chi connectivity index (χ0v) is 63.9. The predicted octanol–water partition coefficient (Wildman–Crippen LogP) is 17.5. The number of aliphatic hydroxyl groups excluding tert-OH is 1. The largest absolute Gasteiger partial charge is 0.481 e. The molecule has 20 rings (SSSR count). The summed E-state index contributed by atoms with van der Waals surface area (Å²) in [7, 11) is 1.64. The topological polar surface area (TPSA) is 152 Å². The number of hydrogen-bond donors (Lipinski definition) is 1. The van der Waals surface area contributed by atoms with Gasteiger partial charge < -0.3 is 28.1 Å². The normalized spacial score (nSPS) is 19.8. The van der Waals surface area contributed by atoms with Crippen LogP contribution < -0.4 is 4.74 Å². The average molecular weight is 1540 g/mol. The molecule has 11 aromatic heterocycles. The van der Waals surface area contributed by atoms with Crippen molar-refractivity contribution in [3.05, 3.63) is 233 Å². The Hall–Kier alpha value is -8.02. The van der Waals surface area contributed by atoms with Crippen molar-refractivity contribution in [3.8, 4) is 5.88 Å². The molecule has 24 heteroatoms. The van der Waals surface area contributed by atoms with Crippen LogP contribution in [0.4, 0.5) is 13.2 Å². The van der Waals surface area contributed by atoms with Crippen molar-refractivity contribution in [1.29, 1.82) is 0 Å². The molecule has 17 nitrogen and oxygen atoms in total. The Bertz CT molecular complexity index is 5260. The van der Waals surface area contributed by atoms with E-state index in [1.807, 2.05) is 67.0 Å². The molecule has 8 aliphatic heterocycles. The number of halogens is 7. The maximum Gasteiger partial charge on any atom is 0.433 e. The molecule has 560 valence electrons. The van der Waals surface area contributed by atoms with E-state index >= 15 is 0 Å². The van der Waals surface area contributed by atoms with Gasteiger partial charge in [-0.2, -0.15) is 13.2 Å². The molecule has 8 aliphatic rings. The fourth-order valence-corrected chi connectivity index (χ4v) is 19.6. The number of nitrogens with zero attached hydrogens (tertiary/aromatic N) is 15. The molecule has 0 aliphatic carbocycles. The highest BCUT2D eigenvalue weighted by Crippen LogP contribution is 2.48. The molecule has 108 heavy (non-hydrogen) atoms. The molecule has 19 heterocycles. The third-order valence-electron chi connectivity index (χ3n) is 23.9. The number of alkyl halides is 3. The highest BCUT2D eigenvalue weighted by molar-refractivity contribution is 6.32. The van der Waals surface area contributed by atoms with Crippen LogP contribution in [0.2, 0.25) is 20.1 Å². The fourth-order valence-electron chi connectivity index (χ4n) is 19.0. The van der Waals surface area contributed by atoms with Crippen LogP contribution in [0.15, 0.2) is 134 Å². The van der Waals surface area contributed by atoms with Crippen LogP contribution in [-0.4, -0.2) is 137 Å². The van der Waals surface area contributed by atoms with Gasteiger partial charge in [-0.25, -0.2) is 24.9 Å². The quantitative estimate of drug-likeness (QED) is 0.117. The second-order valence-electron chi connectivity index (χ2n) is 30.1. The van der Waals surface area contributed by atoms with Gasteiger partial charge in [0.25, 0.3) is 0 Å². The Morgan fingerprint density at radius 3 is 1.28 bits per heavy atom. The van der Waals surface area contributed by atoms with Crippen LogP contribution >= 0.6 is 46.4 Å². The smallest absolute Gasteiger partial charge is 0.433 e. The second-order valence-corrected chi connectivity index (χ2v) is 31.9. The van der Waals surface area contributed by atoms with Gasteiger partial charge in [0.2, 0.25) is 5.88 Å². The van der Waals surface area contributed by atoms with Crippen molar-refractivity contribution in [3.63, 3.8) is 0 Å².